The van der Waals surface area contributed by atoms with Crippen LogP contribution in [0.5, 0.6) is 0 Å². The SMILES string of the molecule is Nc1ncncc1N=Cc1cccs1. The Morgan fingerprint density at radius 2 is 2.43 bits per heavy atom. The van der Waals surface area contributed by atoms with Crippen molar-refractivity contribution in [2.75, 3.05) is 5.73 Å². The second kappa shape index (κ2) is 3.97. The van der Waals surface area contributed by atoms with Crippen LogP contribution in [0.4, 0.5) is 11.5 Å². The van der Waals surface area contributed by atoms with Gasteiger partial charge in [-0.05, 0) is 11.4 Å². The first-order valence-corrected chi connectivity index (χ1v) is 4.87. The van der Waals surface area contributed by atoms with Gasteiger partial charge in [0.1, 0.15) is 12.0 Å². The van der Waals surface area contributed by atoms with E-state index < -0.39 is 0 Å². The number of nitrogen functional groups attached to an aromatic ring is 1. The summed E-state index contributed by atoms with van der Waals surface area (Å²) in [4.78, 5) is 12.9. The van der Waals surface area contributed by atoms with Gasteiger partial charge in [0.05, 0.1) is 6.20 Å². The molecule has 0 saturated carbocycles. The average molecular weight is 204 g/mol. The van der Waals surface area contributed by atoms with Gasteiger partial charge in [-0.15, -0.1) is 11.3 Å². The quantitative estimate of drug-likeness (QED) is 0.759. The summed E-state index contributed by atoms with van der Waals surface area (Å²) >= 11 is 1.62. The third-order valence-electron chi connectivity index (χ3n) is 1.60. The van der Waals surface area contributed by atoms with Gasteiger partial charge in [-0.2, -0.15) is 0 Å². The van der Waals surface area contributed by atoms with Crippen molar-refractivity contribution < 1.29 is 0 Å². The van der Waals surface area contributed by atoms with Gasteiger partial charge < -0.3 is 5.73 Å². The van der Waals surface area contributed by atoms with Gasteiger partial charge in [-0.25, -0.2) is 15.0 Å². The smallest absolute Gasteiger partial charge is 0.152 e. The summed E-state index contributed by atoms with van der Waals surface area (Å²) < 4.78 is 0. The van der Waals surface area contributed by atoms with Crippen LogP contribution in [-0.2, 0) is 0 Å². The molecule has 0 fully saturated rings. The zero-order valence-corrected chi connectivity index (χ0v) is 8.11. The molecule has 0 aliphatic carbocycles. The summed E-state index contributed by atoms with van der Waals surface area (Å²) in [6.07, 6.45) is 4.74. The predicted molar refractivity (Wildman–Crippen MR) is 58.0 cm³/mol. The maximum Gasteiger partial charge on any atom is 0.152 e. The zero-order valence-electron chi connectivity index (χ0n) is 7.29. The summed E-state index contributed by atoms with van der Waals surface area (Å²) in [5, 5.41) is 1.99. The van der Waals surface area contributed by atoms with Crippen LogP contribution in [0.1, 0.15) is 4.88 Å². The molecule has 0 saturated heterocycles. The molecule has 0 spiro atoms. The molecule has 2 aromatic heterocycles. The fourth-order valence-corrected chi connectivity index (χ4v) is 1.51. The fraction of sp³-hybridized carbons (Fsp3) is 0. The molecular formula is C9H8N4S. The monoisotopic (exact) mass is 204 g/mol. The highest BCUT2D eigenvalue weighted by Crippen LogP contribution is 2.16. The van der Waals surface area contributed by atoms with E-state index in [1.165, 1.54) is 6.33 Å². The van der Waals surface area contributed by atoms with Gasteiger partial charge in [0.25, 0.3) is 0 Å². The van der Waals surface area contributed by atoms with Crippen LogP contribution >= 0.6 is 11.3 Å². The van der Waals surface area contributed by atoms with Crippen molar-refractivity contribution in [3.05, 3.63) is 34.9 Å². The van der Waals surface area contributed by atoms with E-state index in [0.29, 0.717) is 11.5 Å². The molecule has 0 bridgehead atoms. The maximum atomic E-state index is 5.60. The molecule has 0 atom stereocenters. The molecule has 2 rings (SSSR count). The highest BCUT2D eigenvalue weighted by atomic mass is 32.1. The molecular weight excluding hydrogens is 196 g/mol. The van der Waals surface area contributed by atoms with Crippen molar-refractivity contribution in [2.45, 2.75) is 0 Å². The van der Waals surface area contributed by atoms with E-state index in [1.54, 1.807) is 23.7 Å². The first-order chi connectivity index (χ1) is 6.86. The molecule has 2 heterocycles. The van der Waals surface area contributed by atoms with Gasteiger partial charge >= 0.3 is 0 Å². The number of thiophene rings is 1. The number of nitrogens with two attached hydrogens (primary N) is 1. The van der Waals surface area contributed by atoms with Gasteiger partial charge in [0, 0.05) is 11.1 Å². The summed E-state index contributed by atoms with van der Waals surface area (Å²) in [6.45, 7) is 0. The minimum absolute atomic E-state index is 0.396. The van der Waals surface area contributed by atoms with Crippen molar-refractivity contribution in [2.24, 2.45) is 4.99 Å². The maximum absolute atomic E-state index is 5.60. The Labute approximate surface area is 85.2 Å². The summed E-state index contributed by atoms with van der Waals surface area (Å²) in [7, 11) is 0. The molecule has 0 radical (unpaired) electrons. The van der Waals surface area contributed by atoms with E-state index in [2.05, 4.69) is 15.0 Å². The number of aliphatic imine (C=N–C) groups is 1. The number of nitrogens with zero attached hydrogens (tertiary/aromatic N) is 3. The Hall–Kier alpha value is -1.75. The molecule has 0 aliphatic heterocycles. The third kappa shape index (κ3) is 1.94. The Balaban J connectivity index is 2.23. The molecule has 0 unspecified atom stereocenters. The molecule has 14 heavy (non-hydrogen) atoms. The number of aromatic nitrogens is 2. The van der Waals surface area contributed by atoms with Crippen LogP contribution in [0.2, 0.25) is 0 Å². The third-order valence-corrected chi connectivity index (χ3v) is 2.40. The topological polar surface area (TPSA) is 64.2 Å². The normalized spacial score (nSPS) is 10.9. The molecule has 2 aromatic rings. The summed E-state index contributed by atoms with van der Waals surface area (Å²) in [5.74, 6) is 0.396. The van der Waals surface area contributed by atoms with Gasteiger partial charge in [0.2, 0.25) is 0 Å². The van der Waals surface area contributed by atoms with Crippen molar-refractivity contribution in [3.8, 4) is 0 Å². The van der Waals surface area contributed by atoms with Crippen molar-refractivity contribution in [1.82, 2.24) is 9.97 Å². The first-order valence-electron chi connectivity index (χ1n) is 3.99. The Morgan fingerprint density at radius 1 is 1.50 bits per heavy atom. The number of hydrogen-bond donors (Lipinski definition) is 1. The van der Waals surface area contributed by atoms with Crippen molar-refractivity contribution >= 4 is 29.1 Å². The second-order valence-corrected chi connectivity index (χ2v) is 3.55. The van der Waals surface area contributed by atoms with E-state index in [0.717, 1.165) is 4.88 Å². The standard InChI is InChI=1S/C9H8N4S/c10-9-8(5-11-6-13-9)12-4-7-2-1-3-14-7/h1-6H,(H2,10,11,13). The number of anilines is 1. The van der Waals surface area contributed by atoms with Crippen LogP contribution < -0.4 is 5.73 Å². The molecule has 0 aliphatic rings. The van der Waals surface area contributed by atoms with Crippen LogP contribution in [0, 0.1) is 0 Å². The Bertz CT molecular complexity index is 436. The zero-order chi connectivity index (χ0) is 9.80. The predicted octanol–water partition coefficient (Wildman–Crippen LogP) is 1.87. The van der Waals surface area contributed by atoms with E-state index in [-0.39, 0.29) is 0 Å². The summed E-state index contributed by atoms with van der Waals surface area (Å²) in [5.41, 5.74) is 6.20. The second-order valence-electron chi connectivity index (χ2n) is 2.57. The molecule has 70 valence electrons. The van der Waals surface area contributed by atoms with E-state index in [1.807, 2.05) is 17.5 Å². The summed E-state index contributed by atoms with van der Waals surface area (Å²) in [6, 6.07) is 3.95. The lowest BCUT2D eigenvalue weighted by Crippen LogP contribution is -1.90. The lowest BCUT2D eigenvalue weighted by molar-refractivity contribution is 1.17. The minimum Gasteiger partial charge on any atom is -0.382 e. The molecule has 0 aromatic carbocycles. The molecule has 4 nitrogen and oxygen atoms in total. The average Bonchev–Trinajstić information content (AvgIpc) is 2.69. The van der Waals surface area contributed by atoms with E-state index >= 15 is 0 Å². The van der Waals surface area contributed by atoms with Gasteiger partial charge in [0.15, 0.2) is 5.82 Å². The van der Waals surface area contributed by atoms with Gasteiger partial charge in [-0.3, -0.25) is 0 Å². The largest absolute Gasteiger partial charge is 0.382 e. The lowest BCUT2D eigenvalue weighted by atomic mass is 10.4. The van der Waals surface area contributed by atoms with E-state index in [4.69, 9.17) is 5.73 Å². The minimum atomic E-state index is 0.396. The highest BCUT2D eigenvalue weighted by Gasteiger charge is 1.95. The van der Waals surface area contributed by atoms with Gasteiger partial charge in [-0.1, -0.05) is 6.07 Å². The van der Waals surface area contributed by atoms with Crippen LogP contribution in [-0.4, -0.2) is 16.2 Å². The molecule has 5 heteroatoms. The molecule has 0 amide bonds. The lowest BCUT2D eigenvalue weighted by Gasteiger charge is -1.94. The fourth-order valence-electron chi connectivity index (χ4n) is 0.929. The van der Waals surface area contributed by atoms with Crippen LogP contribution in [0.15, 0.2) is 35.0 Å². The Morgan fingerprint density at radius 3 is 3.14 bits per heavy atom. The van der Waals surface area contributed by atoms with E-state index in [9.17, 15) is 0 Å². The Kier molecular flexibility index (Phi) is 2.51. The number of rotatable bonds is 2. The van der Waals surface area contributed by atoms with Crippen molar-refractivity contribution in [1.29, 1.82) is 0 Å². The van der Waals surface area contributed by atoms with Crippen LogP contribution in [0.25, 0.3) is 0 Å². The first kappa shape index (κ1) is 8.83. The molecule has 2 N–H and O–H groups in total. The van der Waals surface area contributed by atoms with Crippen LogP contribution in [0.3, 0.4) is 0 Å². The number of hydrogen-bond acceptors (Lipinski definition) is 5. The van der Waals surface area contributed by atoms with Crippen molar-refractivity contribution in [3.63, 3.8) is 0 Å². The highest BCUT2D eigenvalue weighted by molar-refractivity contribution is 7.11.